The molecule has 0 atom stereocenters. The number of H-pyrrole nitrogens is 1. The summed E-state index contributed by atoms with van der Waals surface area (Å²) in [5, 5.41) is 6.36. The van der Waals surface area contributed by atoms with Crippen LogP contribution in [-0.2, 0) is 4.79 Å². The lowest BCUT2D eigenvalue weighted by Crippen LogP contribution is -2.10. The summed E-state index contributed by atoms with van der Waals surface area (Å²) < 4.78 is 61.9. The Morgan fingerprint density at radius 3 is 2.47 bits per heavy atom. The largest absolute Gasteiger partial charge is 0.478 e. The molecule has 4 aromatic rings. The van der Waals surface area contributed by atoms with Gasteiger partial charge in [-0.2, -0.15) is 22.7 Å². The number of pyridine rings is 1. The van der Waals surface area contributed by atoms with Gasteiger partial charge in [0.15, 0.2) is 5.78 Å². The van der Waals surface area contributed by atoms with Crippen LogP contribution in [0.2, 0.25) is 0 Å². The minimum absolute atomic E-state index is 0.0490. The predicted molar refractivity (Wildman–Crippen MR) is 161 cm³/mol. The third kappa shape index (κ3) is 9.36. The Labute approximate surface area is 248 Å². The Balaban J connectivity index is 1.51. The number of hydrogen-bond acceptors (Lipinski definition) is 4. The highest BCUT2D eigenvalue weighted by atomic mass is 19.4. The van der Waals surface area contributed by atoms with Gasteiger partial charge in [-0.3, -0.25) is 9.89 Å². The second kappa shape index (κ2) is 15.3. The van der Waals surface area contributed by atoms with E-state index in [0.717, 1.165) is 38.5 Å². The minimum Gasteiger partial charge on any atom is -0.478 e. The van der Waals surface area contributed by atoms with Crippen molar-refractivity contribution in [3.63, 3.8) is 0 Å². The van der Waals surface area contributed by atoms with Crippen LogP contribution >= 0.6 is 0 Å². The molecule has 0 spiro atoms. The number of aromatic nitrogens is 3. The van der Waals surface area contributed by atoms with Crippen molar-refractivity contribution in [2.24, 2.45) is 0 Å². The number of ether oxygens (including phenoxy) is 1. The van der Waals surface area contributed by atoms with E-state index in [1.807, 2.05) is 6.08 Å². The van der Waals surface area contributed by atoms with E-state index in [-0.39, 0.29) is 16.7 Å². The summed E-state index contributed by atoms with van der Waals surface area (Å²) in [4.78, 5) is 16.1. The molecule has 9 heteroatoms. The molecule has 4 rings (SSSR count). The molecule has 0 saturated carbocycles. The molecule has 2 heterocycles. The lowest BCUT2D eigenvalue weighted by Gasteiger charge is -2.19. The first-order valence-electron chi connectivity index (χ1n) is 14.5. The molecule has 43 heavy (non-hydrogen) atoms. The standard InChI is InChI=1S/C34H35F4N3O2/c1-2-3-14-27(42)15-10-5-4-6-11-20-43-31-19-17-26(23-39-31)32(25-16-18-30-28(21-25)33(35)41-40-30)29(22-34(36,37)38)24-12-8-7-9-13-24/h7-10,12-13,15-19,21,23H,2-6,11,14,20,22H2,1H3,(H,40,41)/b15-10+,32-29-. The third-order valence-corrected chi connectivity index (χ3v) is 6.97. The van der Waals surface area contributed by atoms with Crippen LogP contribution in [0.3, 0.4) is 0 Å². The highest BCUT2D eigenvalue weighted by molar-refractivity contribution is 6.00. The number of alkyl halides is 3. The van der Waals surface area contributed by atoms with E-state index in [2.05, 4.69) is 22.1 Å². The van der Waals surface area contributed by atoms with Gasteiger partial charge in [-0.15, -0.1) is 0 Å². The summed E-state index contributed by atoms with van der Waals surface area (Å²) in [5.41, 5.74) is 1.98. The number of ketones is 1. The zero-order valence-electron chi connectivity index (χ0n) is 24.1. The number of hydrogen-bond donors (Lipinski definition) is 1. The van der Waals surface area contributed by atoms with Crippen molar-refractivity contribution in [2.45, 2.75) is 64.5 Å². The number of carbonyl (C=O) groups excluding carboxylic acids is 1. The number of carbonyl (C=O) groups is 1. The summed E-state index contributed by atoms with van der Waals surface area (Å²) in [6.07, 6.45) is 5.40. The van der Waals surface area contributed by atoms with Crippen LogP contribution in [0.4, 0.5) is 17.6 Å². The Kier molecular flexibility index (Phi) is 11.2. The van der Waals surface area contributed by atoms with Gasteiger partial charge in [-0.25, -0.2) is 4.98 Å². The van der Waals surface area contributed by atoms with Crippen molar-refractivity contribution in [1.29, 1.82) is 0 Å². The molecule has 0 amide bonds. The Morgan fingerprint density at radius 1 is 0.953 bits per heavy atom. The second-order valence-electron chi connectivity index (χ2n) is 10.3. The van der Waals surface area contributed by atoms with Crippen LogP contribution in [0, 0.1) is 5.95 Å². The maximum Gasteiger partial charge on any atom is 0.393 e. The van der Waals surface area contributed by atoms with Crippen LogP contribution < -0.4 is 4.74 Å². The molecule has 0 saturated heterocycles. The summed E-state index contributed by atoms with van der Waals surface area (Å²) in [6, 6.07) is 16.4. The zero-order chi connectivity index (χ0) is 30.7. The fraction of sp³-hybridized carbons (Fsp3) is 0.324. The SMILES string of the molecule is CCCCC(=O)/C=C/CCCCCOc1ccc(/C(=C(/CC(F)(F)F)c2ccccc2)c2ccc3n[nH]c(F)c3c2)cn1. The molecule has 0 aliphatic rings. The fourth-order valence-corrected chi connectivity index (χ4v) is 4.80. The highest BCUT2D eigenvalue weighted by Crippen LogP contribution is 2.40. The van der Waals surface area contributed by atoms with Gasteiger partial charge < -0.3 is 4.74 Å². The number of fused-ring (bicyclic) bond motifs is 1. The van der Waals surface area contributed by atoms with Gasteiger partial charge in [0.1, 0.15) is 0 Å². The normalized spacial score (nSPS) is 12.6. The number of benzene rings is 2. The molecule has 1 N–H and O–H groups in total. The minimum atomic E-state index is -4.49. The van der Waals surface area contributed by atoms with Crippen LogP contribution in [0.1, 0.15) is 75.0 Å². The van der Waals surface area contributed by atoms with Gasteiger partial charge in [0.2, 0.25) is 11.8 Å². The number of allylic oxidation sites excluding steroid dienone is 3. The van der Waals surface area contributed by atoms with Gasteiger partial charge in [0.05, 0.1) is 23.9 Å². The van der Waals surface area contributed by atoms with E-state index < -0.39 is 18.5 Å². The number of nitrogens with zero attached hydrogens (tertiary/aromatic N) is 2. The average molecular weight is 594 g/mol. The molecule has 0 unspecified atom stereocenters. The molecule has 0 bridgehead atoms. The summed E-state index contributed by atoms with van der Waals surface area (Å²) in [6.45, 7) is 2.50. The number of halogens is 4. The van der Waals surface area contributed by atoms with E-state index in [9.17, 15) is 22.4 Å². The van der Waals surface area contributed by atoms with Crippen LogP contribution in [0.15, 0.2) is 79.0 Å². The molecule has 2 aromatic heterocycles. The molecular weight excluding hydrogens is 558 g/mol. The highest BCUT2D eigenvalue weighted by Gasteiger charge is 2.31. The molecule has 0 fully saturated rings. The molecule has 226 valence electrons. The van der Waals surface area contributed by atoms with Gasteiger partial charge >= 0.3 is 6.18 Å². The number of unbranched alkanes of at least 4 members (excludes halogenated alkanes) is 4. The maximum atomic E-state index is 14.4. The van der Waals surface area contributed by atoms with Crippen molar-refractivity contribution in [3.05, 3.63) is 102 Å². The van der Waals surface area contributed by atoms with Crippen LogP contribution in [0.25, 0.3) is 22.0 Å². The number of rotatable bonds is 15. The topological polar surface area (TPSA) is 67.9 Å². The quantitative estimate of drug-likeness (QED) is 0.0646. The monoisotopic (exact) mass is 593 g/mol. The number of aromatic amines is 1. The van der Waals surface area contributed by atoms with E-state index >= 15 is 0 Å². The van der Waals surface area contributed by atoms with Crippen LogP contribution in [-0.4, -0.2) is 33.7 Å². The van der Waals surface area contributed by atoms with E-state index in [1.165, 1.54) is 12.3 Å². The van der Waals surface area contributed by atoms with Gasteiger partial charge in [-0.05, 0) is 78.7 Å². The van der Waals surface area contributed by atoms with Crippen molar-refractivity contribution in [1.82, 2.24) is 15.2 Å². The third-order valence-electron chi connectivity index (χ3n) is 6.97. The lowest BCUT2D eigenvalue weighted by atomic mass is 9.88. The van der Waals surface area contributed by atoms with Gasteiger partial charge in [0.25, 0.3) is 0 Å². The van der Waals surface area contributed by atoms with Crippen molar-refractivity contribution < 1.29 is 27.1 Å². The van der Waals surface area contributed by atoms with E-state index in [1.54, 1.807) is 60.7 Å². The molecule has 0 radical (unpaired) electrons. The maximum absolute atomic E-state index is 14.4. The number of nitrogens with one attached hydrogen (secondary N) is 1. The molecule has 2 aromatic carbocycles. The fourth-order valence-electron chi connectivity index (χ4n) is 4.80. The molecule has 5 nitrogen and oxygen atoms in total. The van der Waals surface area contributed by atoms with E-state index in [0.29, 0.717) is 46.7 Å². The molecule has 0 aliphatic heterocycles. The van der Waals surface area contributed by atoms with E-state index in [4.69, 9.17) is 4.74 Å². The lowest BCUT2D eigenvalue weighted by molar-refractivity contribution is -0.123. The smallest absolute Gasteiger partial charge is 0.393 e. The van der Waals surface area contributed by atoms with Crippen molar-refractivity contribution in [3.8, 4) is 5.88 Å². The Bertz CT molecular complexity index is 1540. The predicted octanol–water partition coefficient (Wildman–Crippen LogP) is 9.26. The Hall–Kier alpha value is -4.27. The van der Waals surface area contributed by atoms with Gasteiger partial charge in [-0.1, -0.05) is 55.8 Å². The summed E-state index contributed by atoms with van der Waals surface area (Å²) >= 11 is 0. The average Bonchev–Trinajstić information content (AvgIpc) is 3.37. The first-order valence-corrected chi connectivity index (χ1v) is 14.5. The molecular formula is C34H35F4N3O2. The van der Waals surface area contributed by atoms with Crippen molar-refractivity contribution >= 4 is 27.8 Å². The zero-order valence-corrected chi connectivity index (χ0v) is 24.1. The van der Waals surface area contributed by atoms with Crippen LogP contribution in [0.5, 0.6) is 5.88 Å². The summed E-state index contributed by atoms with van der Waals surface area (Å²) in [5.74, 6) is -0.134. The first kappa shape index (κ1) is 31.7. The first-order chi connectivity index (χ1) is 20.7. The molecule has 0 aliphatic carbocycles. The Morgan fingerprint density at radius 2 is 1.74 bits per heavy atom. The summed E-state index contributed by atoms with van der Waals surface area (Å²) in [7, 11) is 0. The van der Waals surface area contributed by atoms with Crippen molar-refractivity contribution in [2.75, 3.05) is 6.61 Å². The van der Waals surface area contributed by atoms with Gasteiger partial charge in [0, 0.05) is 24.2 Å². The second-order valence-corrected chi connectivity index (χ2v) is 10.3.